The van der Waals surface area contributed by atoms with E-state index in [1.165, 1.54) is 64.7 Å². The number of benzene rings is 2. The van der Waals surface area contributed by atoms with Gasteiger partial charge in [-0.1, -0.05) is 117 Å². The fraction of sp³-hybridized carbons (Fsp3) is 0.618. The van der Waals surface area contributed by atoms with Crippen LogP contribution in [0.4, 0.5) is 0 Å². The second-order valence-electron chi connectivity index (χ2n) is 26.6. The van der Waals surface area contributed by atoms with E-state index in [0.29, 0.717) is 36.1 Å². The van der Waals surface area contributed by atoms with E-state index < -0.39 is 96.1 Å². The van der Waals surface area contributed by atoms with Crippen LogP contribution in [0.1, 0.15) is 179 Å². The van der Waals surface area contributed by atoms with Crippen molar-refractivity contribution >= 4 is 47.5 Å². The molecule has 4 aromatic rings. The van der Waals surface area contributed by atoms with Crippen molar-refractivity contribution in [3.63, 3.8) is 0 Å². The van der Waals surface area contributed by atoms with E-state index >= 15 is 9.59 Å². The molecule has 0 spiro atoms. The largest absolute Gasteiger partial charge is 0.451 e. The standard InChI is InChI=1S/C68H96N8O12/c1-41(2)33-55-65(81)85-45(9)61(77)71(11)58(36-44(7)8)68(84)88-60(38-48-23-27-50(28-24-48)40-76-32-30-54(70-76)52-19-16-20-52)64(80)74(14)56(34-42(3)4)66(82)86-46(10)62(78)72(12)57(35-43(5)6)67(83)87-59(63(79)73(55)13)37-47-21-25-49(26-22-47)39-75-31-29-53(69-75)51-17-15-18-51/h21-32,41-46,51-52,55-60H,15-20,33-40H2,1-14H3/t45-,46-,55+,56+,57+,58+,59-,60-/m1/s1. The first kappa shape index (κ1) is 68.1. The van der Waals surface area contributed by atoms with Crippen LogP contribution in [0.2, 0.25) is 0 Å². The lowest BCUT2D eigenvalue weighted by Crippen LogP contribution is -2.55. The van der Waals surface area contributed by atoms with Gasteiger partial charge < -0.3 is 38.5 Å². The quantitative estimate of drug-likeness (QED) is 0.0672. The Morgan fingerprint density at radius 2 is 0.670 bits per heavy atom. The van der Waals surface area contributed by atoms with Gasteiger partial charge in [-0.2, -0.15) is 10.2 Å². The Morgan fingerprint density at radius 3 is 0.943 bits per heavy atom. The highest BCUT2D eigenvalue weighted by Crippen LogP contribution is 2.36. The SMILES string of the molecule is CC(C)C[C@H]1C(=O)O[C@H](Cc2ccc(Cn3ccc(C4CCC4)n3)cc2)C(=O)N(C)[C@@H](CC(C)C)C(=O)O[C@H](C)C(=O)N(C)[C@@H](CC(C)C)C(=O)O[C@H](Cc2ccc(Cn3ccc(C4CCC4)n3)cc2)C(=O)N(C)[C@@H](CC(C)C)C(=O)O[C@H](C)C(=O)N1C. The molecule has 0 radical (unpaired) electrons. The van der Waals surface area contributed by atoms with Gasteiger partial charge in [-0.15, -0.1) is 0 Å². The number of hydrogen-bond acceptors (Lipinski definition) is 14. The third-order valence-electron chi connectivity index (χ3n) is 17.4. The van der Waals surface area contributed by atoms with Crippen molar-refractivity contribution < 1.29 is 57.3 Å². The Hall–Kier alpha value is -7.38. The Labute approximate surface area is 520 Å². The molecule has 0 bridgehead atoms. The van der Waals surface area contributed by atoms with Crippen molar-refractivity contribution in [3.8, 4) is 0 Å². The van der Waals surface area contributed by atoms with Crippen LogP contribution in [0, 0.1) is 23.7 Å². The van der Waals surface area contributed by atoms with E-state index in [0.717, 1.165) is 58.0 Å². The van der Waals surface area contributed by atoms with Gasteiger partial charge in [0.1, 0.15) is 24.2 Å². The molecule has 88 heavy (non-hydrogen) atoms. The number of hydrogen-bond donors (Lipinski definition) is 0. The minimum atomic E-state index is -1.53. The lowest BCUT2D eigenvalue weighted by atomic mass is 9.83. The van der Waals surface area contributed by atoms with Gasteiger partial charge in [0.2, 0.25) is 0 Å². The zero-order valence-electron chi connectivity index (χ0n) is 54.4. The van der Waals surface area contributed by atoms with Crippen LogP contribution in [0.5, 0.6) is 0 Å². The van der Waals surface area contributed by atoms with Crippen LogP contribution in [-0.2, 0) is 83.2 Å². The monoisotopic (exact) mass is 1220 g/mol. The number of aromatic nitrogens is 4. The van der Waals surface area contributed by atoms with Gasteiger partial charge in [0.05, 0.1) is 24.5 Å². The van der Waals surface area contributed by atoms with Crippen LogP contribution >= 0.6 is 0 Å². The summed E-state index contributed by atoms with van der Waals surface area (Å²) in [6.07, 6.45) is 4.96. The van der Waals surface area contributed by atoms with Crippen LogP contribution in [0.3, 0.4) is 0 Å². The van der Waals surface area contributed by atoms with Gasteiger partial charge in [-0.05, 0) is 123 Å². The number of cyclic esters (lactones) is 4. The summed E-state index contributed by atoms with van der Waals surface area (Å²) in [6.45, 7) is 18.7. The molecule has 4 amide bonds. The summed E-state index contributed by atoms with van der Waals surface area (Å²) in [5, 5.41) is 9.60. The average Bonchev–Trinajstić information content (AvgIpc) is 4.29. The molecular formula is C68H96N8O12. The molecule has 20 heteroatoms. The molecule has 3 heterocycles. The van der Waals surface area contributed by atoms with Crippen molar-refractivity contribution in [1.29, 1.82) is 0 Å². The third kappa shape index (κ3) is 17.9. The summed E-state index contributed by atoms with van der Waals surface area (Å²) in [5.74, 6) is -6.36. The fourth-order valence-corrected chi connectivity index (χ4v) is 11.6. The van der Waals surface area contributed by atoms with E-state index in [2.05, 4.69) is 12.1 Å². The van der Waals surface area contributed by atoms with Crippen LogP contribution < -0.4 is 0 Å². The molecule has 2 aliphatic carbocycles. The zero-order chi connectivity index (χ0) is 64.3. The first-order valence-electron chi connectivity index (χ1n) is 31.8. The number of likely N-dealkylation sites (N-methyl/N-ethyl adjacent to an activating group) is 4. The van der Waals surface area contributed by atoms with Crippen LogP contribution in [0.15, 0.2) is 73.1 Å². The zero-order valence-corrected chi connectivity index (χ0v) is 54.4. The third-order valence-corrected chi connectivity index (χ3v) is 17.4. The average molecular weight is 1220 g/mol. The molecule has 3 fully saturated rings. The first-order chi connectivity index (χ1) is 41.7. The number of esters is 4. The number of carbonyl (C=O) groups excluding carboxylic acids is 8. The summed E-state index contributed by atoms with van der Waals surface area (Å²) in [4.78, 5) is 123. The number of carbonyl (C=O) groups is 8. The highest BCUT2D eigenvalue weighted by Gasteiger charge is 2.43. The van der Waals surface area contributed by atoms with Gasteiger partial charge in [-0.3, -0.25) is 28.5 Å². The van der Waals surface area contributed by atoms with Gasteiger partial charge in [-0.25, -0.2) is 19.2 Å². The maximum Gasteiger partial charge on any atom is 0.329 e. The molecule has 2 aromatic heterocycles. The van der Waals surface area contributed by atoms with Crippen molar-refractivity contribution in [1.82, 2.24) is 39.2 Å². The maximum absolute atomic E-state index is 15.1. The normalized spacial score (nSPS) is 24.2. The number of rotatable bonds is 18. The molecule has 0 N–H and O–H groups in total. The van der Waals surface area contributed by atoms with Crippen molar-refractivity contribution in [3.05, 3.63) is 107 Å². The Morgan fingerprint density at radius 1 is 0.398 bits per heavy atom. The van der Waals surface area contributed by atoms with Gasteiger partial charge in [0.15, 0.2) is 24.4 Å². The van der Waals surface area contributed by atoms with Crippen LogP contribution in [-0.4, -0.2) is 163 Å². The van der Waals surface area contributed by atoms with Crippen molar-refractivity contribution in [2.24, 2.45) is 23.7 Å². The van der Waals surface area contributed by atoms with Crippen molar-refractivity contribution in [2.75, 3.05) is 28.2 Å². The Bertz CT molecular complexity index is 2820. The summed E-state index contributed by atoms with van der Waals surface area (Å²) in [5.41, 5.74) is 5.33. The Balaban J connectivity index is 1.22. The van der Waals surface area contributed by atoms with E-state index in [9.17, 15) is 28.8 Å². The molecule has 3 aliphatic rings. The van der Waals surface area contributed by atoms with Crippen molar-refractivity contribution in [2.45, 2.75) is 220 Å². The van der Waals surface area contributed by atoms with Gasteiger partial charge in [0, 0.05) is 65.3 Å². The lowest BCUT2D eigenvalue weighted by Gasteiger charge is -2.35. The van der Waals surface area contributed by atoms with E-state index in [1.54, 1.807) is 0 Å². The number of ether oxygens (including phenoxy) is 4. The summed E-state index contributed by atoms with van der Waals surface area (Å²) in [6, 6.07) is 14.0. The van der Waals surface area contributed by atoms with Gasteiger partial charge in [0.25, 0.3) is 23.6 Å². The minimum absolute atomic E-state index is 0.0887. The topological polar surface area (TPSA) is 222 Å². The molecule has 1 aliphatic heterocycles. The predicted molar refractivity (Wildman–Crippen MR) is 331 cm³/mol. The van der Waals surface area contributed by atoms with Gasteiger partial charge >= 0.3 is 23.9 Å². The summed E-state index contributed by atoms with van der Waals surface area (Å²) >= 11 is 0. The minimum Gasteiger partial charge on any atom is -0.451 e. The smallest absolute Gasteiger partial charge is 0.329 e. The second-order valence-corrected chi connectivity index (χ2v) is 26.6. The predicted octanol–water partition coefficient (Wildman–Crippen LogP) is 8.69. The molecular weight excluding hydrogens is 1120 g/mol. The molecule has 480 valence electrons. The molecule has 8 atom stereocenters. The number of amides is 4. The Kier molecular flexibility index (Phi) is 23.8. The molecule has 20 nitrogen and oxygen atoms in total. The van der Waals surface area contributed by atoms with E-state index in [1.807, 2.05) is 126 Å². The molecule has 7 rings (SSSR count). The lowest BCUT2D eigenvalue weighted by molar-refractivity contribution is -0.176. The number of nitrogens with zero attached hydrogens (tertiary/aromatic N) is 8. The molecule has 2 aromatic carbocycles. The molecule has 2 saturated carbocycles. The fourth-order valence-electron chi connectivity index (χ4n) is 11.6. The summed E-state index contributed by atoms with van der Waals surface area (Å²) < 4.78 is 28.2. The van der Waals surface area contributed by atoms with E-state index in [-0.39, 0.29) is 62.2 Å². The van der Waals surface area contributed by atoms with Crippen LogP contribution in [0.25, 0.3) is 0 Å². The first-order valence-corrected chi connectivity index (χ1v) is 31.8. The maximum atomic E-state index is 15.1. The highest BCUT2D eigenvalue weighted by atomic mass is 16.6. The molecule has 1 saturated heterocycles. The van der Waals surface area contributed by atoms with E-state index in [4.69, 9.17) is 29.1 Å². The second kappa shape index (κ2) is 30.7. The highest BCUT2D eigenvalue weighted by molar-refractivity contribution is 5.94. The molecule has 0 unspecified atom stereocenters. The summed E-state index contributed by atoms with van der Waals surface area (Å²) in [7, 11) is 5.63.